The fourth-order valence-electron chi connectivity index (χ4n) is 3.00. The quantitative estimate of drug-likeness (QED) is 0.852. The van der Waals surface area contributed by atoms with Crippen LogP contribution in [0, 0.1) is 0 Å². The molecule has 0 spiro atoms. The van der Waals surface area contributed by atoms with E-state index in [1.54, 1.807) is 24.3 Å². The molecule has 0 aliphatic carbocycles. The minimum absolute atomic E-state index is 0.0515. The summed E-state index contributed by atoms with van der Waals surface area (Å²) in [7, 11) is 0. The molecule has 0 bridgehead atoms. The summed E-state index contributed by atoms with van der Waals surface area (Å²) in [5.74, 6) is -0.485. The first-order valence-electron chi connectivity index (χ1n) is 8.65. The van der Waals surface area contributed by atoms with E-state index in [9.17, 15) is 9.59 Å². The van der Waals surface area contributed by atoms with E-state index >= 15 is 0 Å². The second kappa shape index (κ2) is 8.44. The zero-order valence-electron chi connectivity index (χ0n) is 14.2. The normalized spacial score (nSPS) is 14.2. The molecule has 1 fully saturated rings. The standard InChI is InChI=1S/C20H23N3O2/c24-19(14-21-20(25)17-8-2-1-3-9-17)22-18-10-6-7-16(13-18)15-23-11-4-5-12-23/h1-3,6-10,13H,4-5,11-12,14-15H2,(H,21,25)(H,22,24). The van der Waals surface area contributed by atoms with Crippen LogP contribution >= 0.6 is 0 Å². The minimum Gasteiger partial charge on any atom is -0.343 e. The SMILES string of the molecule is O=C(CNC(=O)c1ccccc1)Nc1cccc(CN2CCCC2)c1. The highest BCUT2D eigenvalue weighted by Crippen LogP contribution is 2.16. The third kappa shape index (κ3) is 5.16. The number of hydrogen-bond acceptors (Lipinski definition) is 3. The summed E-state index contributed by atoms with van der Waals surface area (Å²) in [6, 6.07) is 16.7. The molecule has 5 nitrogen and oxygen atoms in total. The van der Waals surface area contributed by atoms with Gasteiger partial charge in [0.05, 0.1) is 6.54 Å². The van der Waals surface area contributed by atoms with E-state index in [4.69, 9.17) is 0 Å². The van der Waals surface area contributed by atoms with Crippen molar-refractivity contribution in [3.05, 3.63) is 65.7 Å². The van der Waals surface area contributed by atoms with E-state index in [-0.39, 0.29) is 18.4 Å². The van der Waals surface area contributed by atoms with Gasteiger partial charge in [0.2, 0.25) is 5.91 Å². The molecule has 0 unspecified atom stereocenters. The number of amides is 2. The van der Waals surface area contributed by atoms with Gasteiger partial charge in [-0.25, -0.2) is 0 Å². The molecular weight excluding hydrogens is 314 g/mol. The predicted octanol–water partition coefficient (Wildman–Crippen LogP) is 2.65. The van der Waals surface area contributed by atoms with Gasteiger partial charge in [0.25, 0.3) is 5.91 Å². The fraction of sp³-hybridized carbons (Fsp3) is 0.300. The summed E-state index contributed by atoms with van der Waals surface area (Å²) in [6.45, 7) is 3.14. The van der Waals surface area contributed by atoms with Crippen LogP contribution in [0.5, 0.6) is 0 Å². The Labute approximate surface area is 148 Å². The van der Waals surface area contributed by atoms with Crippen LogP contribution in [0.1, 0.15) is 28.8 Å². The Bertz CT molecular complexity index is 725. The maximum atomic E-state index is 12.1. The first-order chi connectivity index (χ1) is 12.2. The Hall–Kier alpha value is -2.66. The predicted molar refractivity (Wildman–Crippen MR) is 98.4 cm³/mol. The van der Waals surface area contributed by atoms with Crippen LogP contribution in [0.15, 0.2) is 54.6 Å². The first-order valence-corrected chi connectivity index (χ1v) is 8.65. The second-order valence-corrected chi connectivity index (χ2v) is 6.28. The number of nitrogens with one attached hydrogen (secondary N) is 2. The third-order valence-corrected chi connectivity index (χ3v) is 4.26. The summed E-state index contributed by atoms with van der Waals surface area (Å²) in [4.78, 5) is 26.4. The summed E-state index contributed by atoms with van der Waals surface area (Å²) in [5.41, 5.74) is 2.49. The van der Waals surface area contributed by atoms with Crippen molar-refractivity contribution < 1.29 is 9.59 Å². The number of likely N-dealkylation sites (tertiary alicyclic amines) is 1. The van der Waals surface area contributed by atoms with E-state index in [0.717, 1.165) is 25.3 Å². The van der Waals surface area contributed by atoms with Gasteiger partial charge >= 0.3 is 0 Å². The van der Waals surface area contributed by atoms with Crippen LogP contribution in [0.3, 0.4) is 0 Å². The third-order valence-electron chi connectivity index (χ3n) is 4.26. The van der Waals surface area contributed by atoms with Crippen LogP contribution in [-0.4, -0.2) is 36.3 Å². The van der Waals surface area contributed by atoms with E-state index in [1.807, 2.05) is 24.3 Å². The van der Waals surface area contributed by atoms with Crippen molar-refractivity contribution in [3.8, 4) is 0 Å². The Balaban J connectivity index is 1.49. The molecule has 2 N–H and O–H groups in total. The number of anilines is 1. The molecular formula is C20H23N3O2. The molecule has 5 heteroatoms. The lowest BCUT2D eigenvalue weighted by molar-refractivity contribution is -0.115. The molecule has 0 atom stereocenters. The summed E-state index contributed by atoms with van der Waals surface area (Å²) >= 11 is 0. The number of rotatable bonds is 6. The zero-order chi connectivity index (χ0) is 17.5. The van der Waals surface area contributed by atoms with Crippen LogP contribution in [0.4, 0.5) is 5.69 Å². The minimum atomic E-state index is -0.251. The lowest BCUT2D eigenvalue weighted by Crippen LogP contribution is -2.32. The number of carbonyl (C=O) groups is 2. The Morgan fingerprint density at radius 3 is 2.48 bits per heavy atom. The van der Waals surface area contributed by atoms with Crippen molar-refractivity contribution in [3.63, 3.8) is 0 Å². The smallest absolute Gasteiger partial charge is 0.251 e. The van der Waals surface area contributed by atoms with Gasteiger partial charge in [-0.05, 0) is 55.8 Å². The van der Waals surface area contributed by atoms with Gasteiger partial charge in [-0.1, -0.05) is 30.3 Å². The van der Waals surface area contributed by atoms with E-state index in [0.29, 0.717) is 5.56 Å². The topological polar surface area (TPSA) is 61.4 Å². The molecule has 1 heterocycles. The second-order valence-electron chi connectivity index (χ2n) is 6.28. The van der Waals surface area contributed by atoms with Gasteiger partial charge in [-0.2, -0.15) is 0 Å². The monoisotopic (exact) mass is 337 g/mol. The van der Waals surface area contributed by atoms with Crippen molar-refractivity contribution in [2.75, 3.05) is 25.0 Å². The van der Waals surface area contributed by atoms with Crippen molar-refractivity contribution in [1.82, 2.24) is 10.2 Å². The molecule has 2 aromatic carbocycles. The highest BCUT2D eigenvalue weighted by Gasteiger charge is 2.12. The molecule has 0 saturated carbocycles. The van der Waals surface area contributed by atoms with Crippen LogP contribution in [0.25, 0.3) is 0 Å². The Kier molecular flexibility index (Phi) is 5.80. The fourth-order valence-corrected chi connectivity index (χ4v) is 3.00. The number of nitrogens with zero attached hydrogens (tertiary/aromatic N) is 1. The summed E-state index contributed by atoms with van der Waals surface area (Å²) < 4.78 is 0. The van der Waals surface area contributed by atoms with E-state index < -0.39 is 0 Å². The molecule has 3 rings (SSSR count). The molecule has 0 radical (unpaired) electrons. The zero-order valence-corrected chi connectivity index (χ0v) is 14.2. The number of benzene rings is 2. The maximum absolute atomic E-state index is 12.1. The number of hydrogen-bond donors (Lipinski definition) is 2. The molecule has 0 aromatic heterocycles. The molecule has 2 aromatic rings. The van der Waals surface area contributed by atoms with E-state index in [2.05, 4.69) is 21.6 Å². The highest BCUT2D eigenvalue weighted by molar-refractivity contribution is 5.99. The Morgan fingerprint density at radius 1 is 0.960 bits per heavy atom. The average Bonchev–Trinajstić information content (AvgIpc) is 3.14. The molecule has 130 valence electrons. The Morgan fingerprint density at radius 2 is 1.72 bits per heavy atom. The van der Waals surface area contributed by atoms with Crippen molar-refractivity contribution in [2.24, 2.45) is 0 Å². The van der Waals surface area contributed by atoms with Crippen LogP contribution in [-0.2, 0) is 11.3 Å². The van der Waals surface area contributed by atoms with Crippen LogP contribution in [0.2, 0.25) is 0 Å². The van der Waals surface area contributed by atoms with Crippen molar-refractivity contribution >= 4 is 17.5 Å². The number of carbonyl (C=O) groups excluding carboxylic acids is 2. The molecule has 25 heavy (non-hydrogen) atoms. The molecule has 1 aliphatic rings. The first kappa shape index (κ1) is 17.2. The van der Waals surface area contributed by atoms with Crippen molar-refractivity contribution in [2.45, 2.75) is 19.4 Å². The van der Waals surface area contributed by atoms with Crippen molar-refractivity contribution in [1.29, 1.82) is 0 Å². The van der Waals surface area contributed by atoms with Gasteiger partial charge in [-0.3, -0.25) is 14.5 Å². The average molecular weight is 337 g/mol. The molecule has 1 saturated heterocycles. The lowest BCUT2D eigenvalue weighted by Gasteiger charge is -2.15. The van der Waals surface area contributed by atoms with Gasteiger partial charge in [-0.15, -0.1) is 0 Å². The van der Waals surface area contributed by atoms with Gasteiger partial charge in [0.15, 0.2) is 0 Å². The lowest BCUT2D eigenvalue weighted by atomic mass is 10.2. The van der Waals surface area contributed by atoms with E-state index in [1.165, 1.54) is 18.4 Å². The van der Waals surface area contributed by atoms with Crippen LogP contribution < -0.4 is 10.6 Å². The summed E-state index contributed by atoms with van der Waals surface area (Å²) in [5, 5.41) is 5.47. The molecule has 1 aliphatic heterocycles. The molecule has 2 amide bonds. The maximum Gasteiger partial charge on any atom is 0.251 e. The van der Waals surface area contributed by atoms with Gasteiger partial charge < -0.3 is 10.6 Å². The largest absolute Gasteiger partial charge is 0.343 e. The highest BCUT2D eigenvalue weighted by atomic mass is 16.2. The van der Waals surface area contributed by atoms with Gasteiger partial charge in [0, 0.05) is 17.8 Å². The summed E-state index contributed by atoms with van der Waals surface area (Å²) in [6.07, 6.45) is 2.52. The van der Waals surface area contributed by atoms with Gasteiger partial charge in [0.1, 0.15) is 0 Å².